The molecule has 6 nitrogen and oxygen atoms in total. The van der Waals surface area contributed by atoms with Gasteiger partial charge in [-0.2, -0.15) is 0 Å². The van der Waals surface area contributed by atoms with Crippen molar-refractivity contribution in [1.82, 2.24) is 9.13 Å². The number of carbonyl (C=O) groups is 1. The first kappa shape index (κ1) is 16.2. The molecule has 23 heavy (non-hydrogen) atoms. The number of rotatable bonds is 4. The number of nitrogens with zero attached hydrogens (tertiary/aromatic N) is 2. The molecule has 124 valence electrons. The predicted octanol–water partition coefficient (Wildman–Crippen LogP) is 1.57. The molecular formula is C15H18N2O4S2. The van der Waals surface area contributed by atoms with Gasteiger partial charge in [0.05, 0.1) is 18.1 Å². The molecular weight excluding hydrogens is 336 g/mol. The van der Waals surface area contributed by atoms with Crippen LogP contribution in [0.3, 0.4) is 0 Å². The summed E-state index contributed by atoms with van der Waals surface area (Å²) in [5.74, 6) is 0.189. The fraction of sp³-hybridized carbons (Fsp3) is 0.467. The highest BCUT2D eigenvalue weighted by Crippen LogP contribution is 2.29. The van der Waals surface area contributed by atoms with Crippen LogP contribution in [0.15, 0.2) is 22.4 Å². The monoisotopic (exact) mass is 354 g/mol. The zero-order valence-corrected chi connectivity index (χ0v) is 14.6. The van der Waals surface area contributed by atoms with Crippen molar-refractivity contribution in [3.63, 3.8) is 0 Å². The first-order chi connectivity index (χ1) is 10.8. The number of hydrogen-bond acceptors (Lipinski definition) is 5. The summed E-state index contributed by atoms with van der Waals surface area (Å²) >= 11 is 1.06. The van der Waals surface area contributed by atoms with Gasteiger partial charge in [0, 0.05) is 34.6 Å². The minimum atomic E-state index is -2.98. The van der Waals surface area contributed by atoms with E-state index < -0.39 is 9.84 Å². The van der Waals surface area contributed by atoms with Crippen LogP contribution in [0.1, 0.15) is 34.2 Å². The van der Waals surface area contributed by atoms with Gasteiger partial charge >= 0.3 is 4.87 Å². The second-order valence-corrected chi connectivity index (χ2v) is 9.02. The van der Waals surface area contributed by atoms with Crippen LogP contribution in [0, 0.1) is 13.8 Å². The summed E-state index contributed by atoms with van der Waals surface area (Å²) in [4.78, 5) is 23.9. The molecule has 1 aliphatic rings. The van der Waals surface area contributed by atoms with Crippen molar-refractivity contribution < 1.29 is 13.2 Å². The van der Waals surface area contributed by atoms with Crippen molar-refractivity contribution in [2.75, 3.05) is 11.5 Å². The van der Waals surface area contributed by atoms with E-state index >= 15 is 0 Å². The SMILES string of the molecule is Cc1cc(C(=O)Cn2ccsc2=O)c(C)n1C1CCS(=O)(=O)C1. The van der Waals surface area contributed by atoms with Crippen LogP contribution in [-0.4, -0.2) is 34.8 Å². The average Bonchev–Trinajstić information content (AvgIpc) is 3.10. The van der Waals surface area contributed by atoms with Gasteiger partial charge in [-0.25, -0.2) is 8.42 Å². The highest BCUT2D eigenvalue weighted by molar-refractivity contribution is 7.91. The molecule has 0 saturated carbocycles. The van der Waals surface area contributed by atoms with E-state index in [2.05, 4.69) is 0 Å². The molecule has 1 aliphatic heterocycles. The fourth-order valence-corrected chi connectivity index (χ4v) is 5.53. The standard InChI is InChI=1S/C15H18N2O4S2/c1-10-7-13(14(18)8-16-4-5-22-15(16)19)11(2)17(10)12-3-6-23(20,21)9-12/h4-5,7,12H,3,6,8-9H2,1-2H3. The molecule has 3 rings (SSSR count). The molecule has 2 aromatic heterocycles. The largest absolute Gasteiger partial charge is 0.344 e. The Bertz CT molecular complexity index is 918. The number of hydrogen-bond donors (Lipinski definition) is 0. The second-order valence-electron chi connectivity index (χ2n) is 5.93. The molecule has 0 radical (unpaired) electrons. The average molecular weight is 354 g/mol. The highest BCUT2D eigenvalue weighted by atomic mass is 32.2. The van der Waals surface area contributed by atoms with E-state index in [1.54, 1.807) is 17.6 Å². The van der Waals surface area contributed by atoms with Crippen LogP contribution in [0.25, 0.3) is 0 Å². The molecule has 3 heterocycles. The van der Waals surface area contributed by atoms with E-state index in [1.807, 2.05) is 18.4 Å². The van der Waals surface area contributed by atoms with Gasteiger partial charge in [-0.1, -0.05) is 11.3 Å². The van der Waals surface area contributed by atoms with Crippen LogP contribution in [0.2, 0.25) is 0 Å². The van der Waals surface area contributed by atoms with Gasteiger partial charge in [0.1, 0.15) is 0 Å². The van der Waals surface area contributed by atoms with Crippen LogP contribution < -0.4 is 4.87 Å². The number of aryl methyl sites for hydroxylation is 1. The van der Waals surface area contributed by atoms with Gasteiger partial charge in [0.25, 0.3) is 0 Å². The van der Waals surface area contributed by atoms with Gasteiger partial charge in [0.15, 0.2) is 15.6 Å². The van der Waals surface area contributed by atoms with E-state index in [4.69, 9.17) is 0 Å². The maximum atomic E-state index is 12.5. The Balaban J connectivity index is 1.90. The normalized spacial score (nSPS) is 20.0. The quantitative estimate of drug-likeness (QED) is 0.781. The summed E-state index contributed by atoms with van der Waals surface area (Å²) in [6.07, 6.45) is 2.18. The molecule has 1 atom stereocenters. The molecule has 8 heteroatoms. The third-order valence-electron chi connectivity index (χ3n) is 4.32. The van der Waals surface area contributed by atoms with E-state index in [-0.39, 0.29) is 34.7 Å². The summed E-state index contributed by atoms with van der Waals surface area (Å²) in [5, 5.41) is 1.66. The molecule has 1 fully saturated rings. The van der Waals surface area contributed by atoms with E-state index in [9.17, 15) is 18.0 Å². The maximum Gasteiger partial charge on any atom is 0.307 e. The van der Waals surface area contributed by atoms with Crippen LogP contribution >= 0.6 is 11.3 Å². The van der Waals surface area contributed by atoms with Crippen LogP contribution in [0.5, 0.6) is 0 Å². The van der Waals surface area contributed by atoms with Crippen LogP contribution in [0.4, 0.5) is 0 Å². The zero-order valence-electron chi connectivity index (χ0n) is 13.0. The number of sulfone groups is 1. The van der Waals surface area contributed by atoms with Crippen molar-refractivity contribution in [1.29, 1.82) is 0 Å². The molecule has 0 amide bonds. The number of Topliss-reactive ketones (excluding diaryl/α,β-unsaturated/α-hetero) is 1. The van der Waals surface area contributed by atoms with Gasteiger partial charge < -0.3 is 4.57 Å². The molecule has 0 aliphatic carbocycles. The molecule has 1 unspecified atom stereocenters. The lowest BCUT2D eigenvalue weighted by molar-refractivity contribution is 0.0970. The zero-order chi connectivity index (χ0) is 16.8. The molecule has 0 spiro atoms. The Morgan fingerprint density at radius 2 is 2.13 bits per heavy atom. The van der Waals surface area contributed by atoms with E-state index in [0.717, 1.165) is 22.7 Å². The summed E-state index contributed by atoms with van der Waals surface area (Å²) in [6, 6.07) is 1.69. The lowest BCUT2D eigenvalue weighted by atomic mass is 10.1. The third-order valence-corrected chi connectivity index (χ3v) is 6.76. The molecule has 2 aromatic rings. The van der Waals surface area contributed by atoms with Crippen molar-refractivity contribution in [3.8, 4) is 0 Å². The summed E-state index contributed by atoms with van der Waals surface area (Å²) in [7, 11) is -2.98. The second kappa shape index (κ2) is 5.76. The Morgan fingerprint density at radius 3 is 2.70 bits per heavy atom. The summed E-state index contributed by atoms with van der Waals surface area (Å²) < 4.78 is 26.8. The number of thiazole rings is 1. The van der Waals surface area contributed by atoms with E-state index in [1.165, 1.54) is 4.57 Å². The fourth-order valence-electron chi connectivity index (χ4n) is 3.25. The number of ketones is 1. The summed E-state index contributed by atoms with van der Waals surface area (Å²) in [6.45, 7) is 3.72. The Hall–Kier alpha value is -1.67. The molecule has 0 aromatic carbocycles. The Labute approximate surface area is 138 Å². The molecule has 0 N–H and O–H groups in total. The lowest BCUT2D eigenvalue weighted by Crippen LogP contribution is -2.19. The van der Waals surface area contributed by atoms with Gasteiger partial charge in [0.2, 0.25) is 0 Å². The lowest BCUT2D eigenvalue weighted by Gasteiger charge is -2.16. The van der Waals surface area contributed by atoms with Gasteiger partial charge in [-0.05, 0) is 26.3 Å². The number of carbonyl (C=O) groups excluding carboxylic acids is 1. The van der Waals surface area contributed by atoms with Crippen molar-refractivity contribution in [2.24, 2.45) is 0 Å². The molecule has 0 bridgehead atoms. The van der Waals surface area contributed by atoms with Crippen molar-refractivity contribution in [3.05, 3.63) is 44.3 Å². The first-order valence-electron chi connectivity index (χ1n) is 7.34. The van der Waals surface area contributed by atoms with Gasteiger partial charge in [-0.15, -0.1) is 0 Å². The minimum Gasteiger partial charge on any atom is -0.344 e. The van der Waals surface area contributed by atoms with Gasteiger partial charge in [-0.3, -0.25) is 14.2 Å². The number of aromatic nitrogens is 2. The third kappa shape index (κ3) is 3.05. The Kier molecular flexibility index (Phi) is 4.05. The first-order valence-corrected chi connectivity index (χ1v) is 10.0. The maximum absolute atomic E-state index is 12.5. The topological polar surface area (TPSA) is 78.1 Å². The smallest absolute Gasteiger partial charge is 0.307 e. The van der Waals surface area contributed by atoms with E-state index in [0.29, 0.717) is 12.0 Å². The molecule has 1 saturated heterocycles. The summed E-state index contributed by atoms with van der Waals surface area (Å²) in [5.41, 5.74) is 2.22. The Morgan fingerprint density at radius 1 is 1.39 bits per heavy atom. The van der Waals surface area contributed by atoms with Crippen molar-refractivity contribution >= 4 is 27.0 Å². The highest BCUT2D eigenvalue weighted by Gasteiger charge is 2.31. The van der Waals surface area contributed by atoms with Crippen molar-refractivity contribution in [2.45, 2.75) is 32.9 Å². The minimum absolute atomic E-state index is 0.00952. The predicted molar refractivity (Wildman–Crippen MR) is 89.1 cm³/mol. The van der Waals surface area contributed by atoms with Crippen LogP contribution in [-0.2, 0) is 16.4 Å².